The number of hydrogen-bond acceptors (Lipinski definition) is 5. The second-order valence-electron chi connectivity index (χ2n) is 11.7. The van der Waals surface area contributed by atoms with E-state index in [4.69, 9.17) is 33.1 Å². The molecule has 3 aromatic heterocycles. The molecule has 0 unspecified atom stereocenters. The lowest BCUT2D eigenvalue weighted by atomic mass is 9.95. The number of nitrogens with zero attached hydrogens (tertiary/aromatic N) is 3. The fraction of sp³-hybridized carbons (Fsp3) is 0. The van der Waals surface area contributed by atoms with Crippen LogP contribution in [0.15, 0.2) is 168 Å². The van der Waals surface area contributed by atoms with Crippen molar-refractivity contribution in [2.24, 2.45) is 0 Å². The van der Waals surface area contributed by atoms with Gasteiger partial charge < -0.3 is 4.42 Å². The highest BCUT2D eigenvalue weighted by molar-refractivity contribution is 7.25. The highest BCUT2D eigenvalue weighted by Crippen LogP contribution is 2.41. The SMILES string of the molecule is [2H]c1c([2H])c([2H])c(-c2cc(-c3c([2H])c([2H])c([2H])c([2H])c3[2H])c3oc4cc(-c5nc(-c6ccccc6)nc(-c6ccc7sc8ccccc8c7c6)n5)ccc4c3c2)c([2H])c1[2H]. The standard InChI is InChI=1S/C45H27N3OS/c1-4-12-28(13-5-1)33-25-36(29-14-6-2-7-15-29)42-38(26-33)34-22-20-32(27-39(34)49-42)45-47-43(30-16-8-3-9-17-30)46-44(48-45)31-21-23-41-37(24-31)35-18-10-11-19-40(35)50-41/h1-27H/i1D,2D,4D,5D,6D,7D,12D,13D,14D,15D. The average Bonchev–Trinajstić information content (AvgIpc) is 3.84. The summed E-state index contributed by atoms with van der Waals surface area (Å²) in [6.45, 7) is 0. The molecule has 7 aromatic carbocycles. The molecule has 0 saturated heterocycles. The van der Waals surface area contributed by atoms with Gasteiger partial charge in [-0.05, 0) is 65.2 Å². The normalized spacial score (nSPS) is 14.4. The van der Waals surface area contributed by atoms with Crippen LogP contribution in [0, 0.1) is 0 Å². The topological polar surface area (TPSA) is 51.8 Å². The number of fused-ring (bicyclic) bond motifs is 6. The molecule has 50 heavy (non-hydrogen) atoms. The fourth-order valence-electron chi connectivity index (χ4n) is 6.34. The van der Waals surface area contributed by atoms with Crippen molar-refractivity contribution in [2.75, 3.05) is 0 Å². The summed E-state index contributed by atoms with van der Waals surface area (Å²) >= 11 is 1.72. The monoisotopic (exact) mass is 667 g/mol. The van der Waals surface area contributed by atoms with E-state index in [1.807, 2.05) is 54.6 Å². The third-order valence-corrected chi connectivity index (χ3v) is 9.84. The molecule has 0 aliphatic heterocycles. The van der Waals surface area contributed by atoms with Crippen molar-refractivity contribution in [2.45, 2.75) is 0 Å². The average molecular weight is 668 g/mol. The van der Waals surface area contributed by atoms with E-state index < -0.39 is 60.4 Å². The van der Waals surface area contributed by atoms with Gasteiger partial charge in [0.25, 0.3) is 0 Å². The van der Waals surface area contributed by atoms with Crippen molar-refractivity contribution in [3.8, 4) is 56.4 Å². The van der Waals surface area contributed by atoms with E-state index in [0.717, 1.165) is 26.6 Å². The number of thiophene rings is 1. The summed E-state index contributed by atoms with van der Waals surface area (Å²) in [6, 6.07) is 27.3. The summed E-state index contributed by atoms with van der Waals surface area (Å²) < 4.78 is 94.0. The smallest absolute Gasteiger partial charge is 0.164 e. The second-order valence-corrected chi connectivity index (χ2v) is 12.8. The van der Waals surface area contributed by atoms with Crippen LogP contribution < -0.4 is 0 Å². The summed E-state index contributed by atoms with van der Waals surface area (Å²) in [5.41, 5.74) is 2.70. The van der Waals surface area contributed by atoms with Gasteiger partial charge in [0.1, 0.15) is 11.2 Å². The molecule has 0 radical (unpaired) electrons. The quantitative estimate of drug-likeness (QED) is 0.183. The van der Waals surface area contributed by atoms with Crippen LogP contribution in [0.5, 0.6) is 0 Å². The molecular formula is C45H27N3OS. The first kappa shape index (κ1) is 20.2. The van der Waals surface area contributed by atoms with Crippen LogP contribution in [-0.2, 0) is 0 Å². The minimum Gasteiger partial charge on any atom is -0.455 e. The Morgan fingerprint density at radius 1 is 0.440 bits per heavy atom. The zero-order chi connectivity index (χ0) is 41.7. The maximum Gasteiger partial charge on any atom is 0.164 e. The minimum absolute atomic E-state index is 0.0919. The van der Waals surface area contributed by atoms with Crippen molar-refractivity contribution < 1.29 is 18.1 Å². The molecule has 0 saturated carbocycles. The zero-order valence-electron chi connectivity index (χ0n) is 36.0. The molecule has 0 atom stereocenters. The first-order valence-corrected chi connectivity index (χ1v) is 16.6. The minimum atomic E-state index is -0.573. The summed E-state index contributed by atoms with van der Waals surface area (Å²) in [5.74, 6) is 1.29. The van der Waals surface area contributed by atoms with Crippen LogP contribution in [0.1, 0.15) is 13.7 Å². The predicted molar refractivity (Wildman–Crippen MR) is 207 cm³/mol. The largest absolute Gasteiger partial charge is 0.455 e. The lowest BCUT2D eigenvalue weighted by molar-refractivity contribution is 0.670. The fourth-order valence-corrected chi connectivity index (χ4v) is 7.43. The van der Waals surface area contributed by atoms with Gasteiger partial charge in [-0.1, -0.05) is 115 Å². The van der Waals surface area contributed by atoms with E-state index in [1.165, 1.54) is 10.8 Å². The molecule has 234 valence electrons. The van der Waals surface area contributed by atoms with Gasteiger partial charge in [0.05, 0.1) is 13.7 Å². The Morgan fingerprint density at radius 3 is 1.84 bits per heavy atom. The molecule has 4 nitrogen and oxygen atoms in total. The highest BCUT2D eigenvalue weighted by atomic mass is 32.1. The Morgan fingerprint density at radius 2 is 1.06 bits per heavy atom. The van der Waals surface area contributed by atoms with Crippen LogP contribution in [0.2, 0.25) is 0 Å². The van der Waals surface area contributed by atoms with Crippen LogP contribution in [0.3, 0.4) is 0 Å². The van der Waals surface area contributed by atoms with Gasteiger partial charge in [-0.25, -0.2) is 15.0 Å². The van der Waals surface area contributed by atoms with Crippen molar-refractivity contribution >= 4 is 53.4 Å². The summed E-state index contributed by atoms with van der Waals surface area (Å²) in [7, 11) is 0. The van der Waals surface area contributed by atoms with Gasteiger partial charge in [0.15, 0.2) is 17.5 Å². The summed E-state index contributed by atoms with van der Waals surface area (Å²) in [6.07, 6.45) is 0. The van der Waals surface area contributed by atoms with Gasteiger partial charge in [-0.15, -0.1) is 11.3 Å². The number of furan rings is 1. The Labute approximate surface area is 306 Å². The Kier molecular flexibility index (Phi) is 4.69. The summed E-state index contributed by atoms with van der Waals surface area (Å²) in [5, 5.41) is 3.23. The van der Waals surface area contributed by atoms with E-state index in [-0.39, 0.29) is 27.8 Å². The van der Waals surface area contributed by atoms with Crippen molar-refractivity contribution in [3.63, 3.8) is 0 Å². The molecule has 5 heteroatoms. The lowest BCUT2D eigenvalue weighted by Gasteiger charge is -2.09. The maximum absolute atomic E-state index is 8.85. The molecule has 0 spiro atoms. The lowest BCUT2D eigenvalue weighted by Crippen LogP contribution is -2.00. The number of benzene rings is 7. The van der Waals surface area contributed by atoms with E-state index >= 15 is 0 Å². The Hall–Kier alpha value is -6.43. The van der Waals surface area contributed by atoms with Gasteiger partial charge in [0.2, 0.25) is 0 Å². The molecule has 10 aromatic rings. The zero-order valence-corrected chi connectivity index (χ0v) is 26.8. The first-order valence-electron chi connectivity index (χ1n) is 20.8. The van der Waals surface area contributed by atoms with Gasteiger partial charge in [-0.3, -0.25) is 0 Å². The maximum atomic E-state index is 8.85. The van der Waals surface area contributed by atoms with Crippen LogP contribution in [0.25, 0.3) is 98.5 Å². The van der Waals surface area contributed by atoms with E-state index in [1.54, 1.807) is 29.5 Å². The van der Waals surface area contributed by atoms with E-state index in [2.05, 4.69) is 24.3 Å². The molecule has 0 aliphatic rings. The molecule has 0 N–H and O–H groups in total. The number of hydrogen-bond donors (Lipinski definition) is 0. The molecule has 0 fully saturated rings. The van der Waals surface area contributed by atoms with Gasteiger partial charge in [0, 0.05) is 53.2 Å². The van der Waals surface area contributed by atoms with Gasteiger partial charge in [-0.2, -0.15) is 0 Å². The molecule has 0 bridgehead atoms. The molecule has 3 heterocycles. The van der Waals surface area contributed by atoms with Crippen molar-refractivity contribution in [3.05, 3.63) is 164 Å². The van der Waals surface area contributed by atoms with Crippen molar-refractivity contribution in [1.29, 1.82) is 0 Å². The Balaban J connectivity index is 1.21. The van der Waals surface area contributed by atoms with E-state index in [0.29, 0.717) is 39.4 Å². The van der Waals surface area contributed by atoms with Crippen molar-refractivity contribution in [1.82, 2.24) is 15.0 Å². The third kappa shape index (κ3) is 4.87. The van der Waals surface area contributed by atoms with Crippen LogP contribution in [-0.4, -0.2) is 15.0 Å². The molecule has 0 aliphatic carbocycles. The Bertz CT molecular complexity index is 3400. The molecule has 0 amide bonds. The molecule has 10 rings (SSSR count). The second kappa shape index (κ2) is 11.6. The number of rotatable bonds is 5. The highest BCUT2D eigenvalue weighted by Gasteiger charge is 2.18. The van der Waals surface area contributed by atoms with E-state index in [9.17, 15) is 0 Å². The first-order chi connectivity index (χ1) is 28.9. The third-order valence-electron chi connectivity index (χ3n) is 8.69. The van der Waals surface area contributed by atoms with Crippen LogP contribution >= 0.6 is 11.3 Å². The van der Waals surface area contributed by atoms with Gasteiger partial charge >= 0.3 is 0 Å². The number of aromatic nitrogens is 3. The summed E-state index contributed by atoms with van der Waals surface area (Å²) in [4.78, 5) is 14.8. The van der Waals surface area contributed by atoms with Crippen LogP contribution in [0.4, 0.5) is 0 Å². The molecular weight excluding hydrogens is 631 g/mol. The predicted octanol–water partition coefficient (Wildman–Crippen LogP) is 12.5.